The Hall–Kier alpha value is -3.06. The first kappa shape index (κ1) is 20.7. The zero-order valence-corrected chi connectivity index (χ0v) is 16.9. The second kappa shape index (κ2) is 8.96. The van der Waals surface area contributed by atoms with Crippen molar-refractivity contribution in [2.45, 2.75) is 25.8 Å². The van der Waals surface area contributed by atoms with E-state index in [1.165, 1.54) is 0 Å². The van der Waals surface area contributed by atoms with Crippen LogP contribution in [0.5, 0.6) is 11.5 Å². The Bertz CT molecular complexity index is 895. The van der Waals surface area contributed by atoms with Gasteiger partial charge in [0.2, 0.25) is 5.91 Å². The molecule has 1 amide bonds. The lowest BCUT2D eigenvalue weighted by molar-refractivity contribution is -0.139. The molecule has 7 heteroatoms. The summed E-state index contributed by atoms with van der Waals surface area (Å²) in [6.45, 7) is 2.68. The van der Waals surface area contributed by atoms with Crippen molar-refractivity contribution >= 4 is 17.6 Å². The first-order valence-electron chi connectivity index (χ1n) is 9.48. The summed E-state index contributed by atoms with van der Waals surface area (Å²) in [5.41, 5.74) is 3.71. The van der Waals surface area contributed by atoms with Crippen LogP contribution in [0.3, 0.4) is 0 Å². The predicted octanol–water partition coefficient (Wildman–Crippen LogP) is 3.02. The average Bonchev–Trinajstić information content (AvgIpc) is 2.70. The highest BCUT2D eigenvalue weighted by Crippen LogP contribution is 2.39. The SMILES string of the molecule is COc1cc2c(cc1OC)[C@H](CC(=O)O)N(CC(=O)Nc1ccc(C)cc1)CC2. The van der Waals surface area contributed by atoms with Crippen LogP contribution in [-0.2, 0) is 16.0 Å². The number of rotatable bonds is 7. The Kier molecular flexibility index (Phi) is 6.39. The third-order valence-electron chi connectivity index (χ3n) is 5.16. The Morgan fingerprint density at radius 2 is 1.79 bits per heavy atom. The molecule has 0 saturated carbocycles. The zero-order valence-electron chi connectivity index (χ0n) is 16.9. The summed E-state index contributed by atoms with van der Waals surface area (Å²) < 4.78 is 10.8. The fourth-order valence-electron chi connectivity index (χ4n) is 3.70. The van der Waals surface area contributed by atoms with Gasteiger partial charge in [-0.15, -0.1) is 0 Å². The maximum atomic E-state index is 12.6. The normalized spacial score (nSPS) is 16.0. The highest BCUT2D eigenvalue weighted by atomic mass is 16.5. The van der Waals surface area contributed by atoms with Gasteiger partial charge in [0.1, 0.15) is 0 Å². The number of ether oxygens (including phenoxy) is 2. The first-order valence-corrected chi connectivity index (χ1v) is 9.48. The highest BCUT2D eigenvalue weighted by molar-refractivity contribution is 5.92. The number of hydrogen-bond donors (Lipinski definition) is 2. The Morgan fingerprint density at radius 1 is 1.14 bits per heavy atom. The van der Waals surface area contributed by atoms with Crippen molar-refractivity contribution in [1.82, 2.24) is 4.90 Å². The van der Waals surface area contributed by atoms with Gasteiger partial charge in [-0.1, -0.05) is 17.7 Å². The average molecular weight is 398 g/mol. The third kappa shape index (κ3) is 4.86. The summed E-state index contributed by atoms with van der Waals surface area (Å²) in [5, 5.41) is 12.3. The van der Waals surface area contributed by atoms with Crippen LogP contribution in [0.25, 0.3) is 0 Å². The third-order valence-corrected chi connectivity index (χ3v) is 5.16. The largest absolute Gasteiger partial charge is 0.493 e. The van der Waals surface area contributed by atoms with E-state index in [1.54, 1.807) is 14.2 Å². The van der Waals surface area contributed by atoms with Crippen molar-refractivity contribution in [2.75, 3.05) is 32.6 Å². The van der Waals surface area contributed by atoms with Gasteiger partial charge >= 0.3 is 5.97 Å². The van der Waals surface area contributed by atoms with Crippen molar-refractivity contribution in [2.24, 2.45) is 0 Å². The lowest BCUT2D eigenvalue weighted by atomic mass is 9.90. The number of benzene rings is 2. The predicted molar refractivity (Wildman–Crippen MR) is 110 cm³/mol. The quantitative estimate of drug-likeness (QED) is 0.745. The minimum absolute atomic E-state index is 0.0969. The van der Waals surface area contributed by atoms with Crippen LogP contribution in [0, 0.1) is 6.92 Å². The molecule has 0 fully saturated rings. The van der Waals surface area contributed by atoms with Crippen LogP contribution in [0.2, 0.25) is 0 Å². The molecule has 0 bridgehead atoms. The highest BCUT2D eigenvalue weighted by Gasteiger charge is 2.31. The van der Waals surface area contributed by atoms with Crippen LogP contribution >= 0.6 is 0 Å². The van der Waals surface area contributed by atoms with Gasteiger partial charge in [-0.2, -0.15) is 0 Å². The van der Waals surface area contributed by atoms with Gasteiger partial charge in [0, 0.05) is 18.3 Å². The summed E-state index contributed by atoms with van der Waals surface area (Å²) >= 11 is 0. The molecule has 1 atom stereocenters. The van der Waals surface area contributed by atoms with Crippen LogP contribution in [0.1, 0.15) is 29.2 Å². The molecule has 0 aromatic heterocycles. The van der Waals surface area contributed by atoms with Crippen LogP contribution in [-0.4, -0.2) is 49.2 Å². The van der Waals surface area contributed by atoms with E-state index in [0.29, 0.717) is 24.5 Å². The Labute approximate surface area is 170 Å². The standard InChI is InChI=1S/C22H26N2O5/c1-14-4-6-16(7-5-14)23-21(25)13-24-9-8-15-10-19(28-2)20(29-3)11-17(15)18(24)12-22(26)27/h4-7,10-11,18H,8-9,12-13H2,1-3H3,(H,23,25)(H,26,27)/t18-/m0/s1. The topological polar surface area (TPSA) is 88.1 Å². The van der Waals surface area contributed by atoms with Gasteiger partial charge in [-0.3, -0.25) is 14.5 Å². The number of nitrogens with one attached hydrogen (secondary N) is 1. The number of carbonyl (C=O) groups excluding carboxylic acids is 1. The van der Waals surface area contributed by atoms with Gasteiger partial charge in [-0.25, -0.2) is 0 Å². The zero-order chi connectivity index (χ0) is 21.0. The van der Waals surface area contributed by atoms with Gasteiger partial charge in [-0.05, 0) is 48.7 Å². The van der Waals surface area contributed by atoms with E-state index in [4.69, 9.17) is 9.47 Å². The van der Waals surface area contributed by atoms with Gasteiger partial charge in [0.15, 0.2) is 11.5 Å². The first-order chi connectivity index (χ1) is 13.9. The molecule has 1 heterocycles. The molecule has 0 aliphatic carbocycles. The van der Waals surface area contributed by atoms with E-state index in [-0.39, 0.29) is 18.9 Å². The van der Waals surface area contributed by atoms with Crippen molar-refractivity contribution in [1.29, 1.82) is 0 Å². The van der Waals surface area contributed by atoms with E-state index in [1.807, 2.05) is 48.2 Å². The van der Waals surface area contributed by atoms with Crippen molar-refractivity contribution in [3.8, 4) is 11.5 Å². The molecule has 0 radical (unpaired) electrons. The lowest BCUT2D eigenvalue weighted by Gasteiger charge is -2.36. The smallest absolute Gasteiger partial charge is 0.305 e. The van der Waals surface area contributed by atoms with E-state index < -0.39 is 12.0 Å². The summed E-state index contributed by atoms with van der Waals surface area (Å²) in [6.07, 6.45) is 0.601. The number of fused-ring (bicyclic) bond motifs is 1. The summed E-state index contributed by atoms with van der Waals surface area (Å²) in [4.78, 5) is 26.0. The van der Waals surface area contributed by atoms with E-state index in [9.17, 15) is 14.7 Å². The fourth-order valence-corrected chi connectivity index (χ4v) is 3.70. The molecule has 2 N–H and O–H groups in total. The molecule has 3 rings (SSSR count). The van der Waals surface area contributed by atoms with Crippen LogP contribution < -0.4 is 14.8 Å². The molecule has 2 aromatic rings. The van der Waals surface area contributed by atoms with Gasteiger partial charge < -0.3 is 19.9 Å². The minimum Gasteiger partial charge on any atom is -0.493 e. The van der Waals surface area contributed by atoms with E-state index in [2.05, 4.69) is 5.32 Å². The van der Waals surface area contributed by atoms with Crippen molar-refractivity contribution in [3.05, 3.63) is 53.1 Å². The lowest BCUT2D eigenvalue weighted by Crippen LogP contribution is -2.41. The molecular weight excluding hydrogens is 372 g/mol. The van der Waals surface area contributed by atoms with Crippen molar-refractivity contribution in [3.63, 3.8) is 0 Å². The summed E-state index contributed by atoms with van der Waals surface area (Å²) in [7, 11) is 3.12. The molecule has 29 heavy (non-hydrogen) atoms. The second-order valence-corrected chi connectivity index (χ2v) is 7.15. The van der Waals surface area contributed by atoms with E-state index >= 15 is 0 Å². The number of hydrogen-bond acceptors (Lipinski definition) is 5. The Morgan fingerprint density at radius 3 is 2.41 bits per heavy atom. The molecule has 7 nitrogen and oxygen atoms in total. The number of carbonyl (C=O) groups is 2. The molecule has 1 aliphatic rings. The van der Waals surface area contributed by atoms with Gasteiger partial charge in [0.25, 0.3) is 0 Å². The molecule has 0 spiro atoms. The maximum absolute atomic E-state index is 12.6. The van der Waals surface area contributed by atoms with Crippen LogP contribution in [0.15, 0.2) is 36.4 Å². The number of aryl methyl sites for hydroxylation is 1. The number of methoxy groups -OCH3 is 2. The molecule has 0 saturated heterocycles. The Balaban J connectivity index is 1.82. The number of aliphatic carboxylic acids is 1. The minimum atomic E-state index is -0.915. The number of amides is 1. The van der Waals surface area contributed by atoms with Gasteiger partial charge in [0.05, 0.1) is 27.2 Å². The number of carboxylic acids is 1. The molecule has 2 aromatic carbocycles. The summed E-state index contributed by atoms with van der Waals surface area (Å²) in [6, 6.07) is 10.9. The van der Waals surface area contributed by atoms with Crippen molar-refractivity contribution < 1.29 is 24.2 Å². The fraction of sp³-hybridized carbons (Fsp3) is 0.364. The number of nitrogens with zero attached hydrogens (tertiary/aromatic N) is 1. The second-order valence-electron chi connectivity index (χ2n) is 7.15. The molecule has 154 valence electrons. The monoisotopic (exact) mass is 398 g/mol. The number of carboxylic acid groups (broad SMARTS) is 1. The number of anilines is 1. The maximum Gasteiger partial charge on any atom is 0.305 e. The van der Waals surface area contributed by atoms with E-state index in [0.717, 1.165) is 22.4 Å². The van der Waals surface area contributed by atoms with Crippen LogP contribution in [0.4, 0.5) is 5.69 Å². The molecule has 0 unspecified atom stereocenters. The summed E-state index contributed by atoms with van der Waals surface area (Å²) in [5.74, 6) is 0.0771. The molecular formula is C22H26N2O5. The molecule has 1 aliphatic heterocycles.